The molecule has 0 unspecified atom stereocenters. The van der Waals surface area contributed by atoms with Gasteiger partial charge in [0.1, 0.15) is 0 Å². The smallest absolute Gasteiger partial charge is 0.240 e. The van der Waals surface area contributed by atoms with Gasteiger partial charge in [0.05, 0.1) is 0 Å². The average Bonchev–Trinajstić information content (AvgIpc) is 2.58. The summed E-state index contributed by atoms with van der Waals surface area (Å²) in [4.78, 5) is 23.6. The van der Waals surface area contributed by atoms with Crippen molar-refractivity contribution >= 4 is 23.2 Å². The molecule has 6 heteroatoms. The SMILES string of the molecule is C[C@@H]1CCC/C(=N/NC(=O)CCCC(=O)N/N=C2/CCC[C@@H](C)C2)C1. The number of hydrazone groups is 2. The Morgan fingerprint density at radius 1 is 0.880 bits per heavy atom. The van der Waals surface area contributed by atoms with Crippen molar-refractivity contribution in [3.05, 3.63) is 0 Å². The summed E-state index contributed by atoms with van der Waals surface area (Å²) >= 11 is 0. The van der Waals surface area contributed by atoms with E-state index in [0.717, 1.165) is 49.9 Å². The first-order valence-corrected chi connectivity index (χ1v) is 9.71. The van der Waals surface area contributed by atoms with Gasteiger partial charge >= 0.3 is 0 Å². The lowest BCUT2D eigenvalue weighted by atomic mass is 9.89. The highest BCUT2D eigenvalue weighted by molar-refractivity contribution is 5.88. The van der Waals surface area contributed by atoms with Crippen LogP contribution < -0.4 is 10.9 Å². The molecule has 0 aromatic carbocycles. The number of nitrogens with one attached hydrogen (secondary N) is 2. The summed E-state index contributed by atoms with van der Waals surface area (Å²) in [5.41, 5.74) is 7.42. The third kappa shape index (κ3) is 7.80. The lowest BCUT2D eigenvalue weighted by Crippen LogP contribution is -2.24. The normalized spacial score (nSPS) is 27.3. The van der Waals surface area contributed by atoms with Crippen LogP contribution in [0.1, 0.15) is 84.5 Å². The van der Waals surface area contributed by atoms with E-state index in [9.17, 15) is 9.59 Å². The highest BCUT2D eigenvalue weighted by Gasteiger charge is 2.15. The molecular weight excluding hydrogens is 316 g/mol. The van der Waals surface area contributed by atoms with Gasteiger partial charge in [-0.15, -0.1) is 0 Å². The Morgan fingerprint density at radius 3 is 1.72 bits per heavy atom. The molecule has 0 heterocycles. The molecule has 2 saturated carbocycles. The zero-order valence-electron chi connectivity index (χ0n) is 15.6. The summed E-state index contributed by atoms with van der Waals surface area (Å²) in [6.07, 6.45) is 9.83. The molecule has 2 aliphatic carbocycles. The predicted molar refractivity (Wildman–Crippen MR) is 100 cm³/mol. The molecule has 2 aliphatic rings. The van der Waals surface area contributed by atoms with E-state index < -0.39 is 0 Å². The molecule has 25 heavy (non-hydrogen) atoms. The van der Waals surface area contributed by atoms with Crippen molar-refractivity contribution in [3.63, 3.8) is 0 Å². The number of carbonyl (C=O) groups is 2. The Morgan fingerprint density at radius 2 is 1.32 bits per heavy atom. The van der Waals surface area contributed by atoms with Crippen molar-refractivity contribution in [2.24, 2.45) is 22.0 Å². The van der Waals surface area contributed by atoms with Crippen molar-refractivity contribution in [2.45, 2.75) is 84.5 Å². The second-order valence-electron chi connectivity index (χ2n) is 7.68. The van der Waals surface area contributed by atoms with E-state index in [1.54, 1.807) is 0 Å². The topological polar surface area (TPSA) is 82.9 Å². The van der Waals surface area contributed by atoms with Gasteiger partial charge in [0.15, 0.2) is 0 Å². The predicted octanol–water partition coefficient (Wildman–Crippen LogP) is 3.52. The van der Waals surface area contributed by atoms with Gasteiger partial charge in [-0.05, 0) is 69.6 Å². The second kappa shape index (κ2) is 10.3. The molecule has 0 radical (unpaired) electrons. The van der Waals surface area contributed by atoms with Gasteiger partial charge < -0.3 is 0 Å². The Bertz CT molecular complexity index is 482. The van der Waals surface area contributed by atoms with Crippen LogP contribution in [-0.4, -0.2) is 23.2 Å². The number of hydrogen-bond donors (Lipinski definition) is 2. The number of amides is 2. The van der Waals surface area contributed by atoms with Crippen LogP contribution >= 0.6 is 0 Å². The molecule has 0 aliphatic heterocycles. The van der Waals surface area contributed by atoms with Gasteiger partial charge in [-0.3, -0.25) is 9.59 Å². The first-order chi connectivity index (χ1) is 12.0. The van der Waals surface area contributed by atoms with Crippen LogP contribution in [0, 0.1) is 11.8 Å². The van der Waals surface area contributed by atoms with E-state index in [-0.39, 0.29) is 11.8 Å². The molecule has 2 N–H and O–H groups in total. The first kappa shape index (κ1) is 19.6. The molecular formula is C19H32N4O2. The fourth-order valence-corrected chi connectivity index (χ4v) is 3.53. The maximum atomic E-state index is 11.8. The van der Waals surface area contributed by atoms with Gasteiger partial charge in [-0.25, -0.2) is 10.9 Å². The monoisotopic (exact) mass is 348 g/mol. The summed E-state index contributed by atoms with van der Waals surface area (Å²) in [6.45, 7) is 4.43. The first-order valence-electron chi connectivity index (χ1n) is 9.71. The maximum absolute atomic E-state index is 11.8. The molecule has 0 aromatic rings. The summed E-state index contributed by atoms with van der Waals surface area (Å²) < 4.78 is 0. The van der Waals surface area contributed by atoms with Crippen molar-refractivity contribution in [1.82, 2.24) is 10.9 Å². The Kier molecular flexibility index (Phi) is 8.09. The van der Waals surface area contributed by atoms with Crippen molar-refractivity contribution in [3.8, 4) is 0 Å². The molecule has 2 atom stereocenters. The van der Waals surface area contributed by atoms with Crippen LogP contribution in [0.25, 0.3) is 0 Å². The van der Waals surface area contributed by atoms with Gasteiger partial charge in [0.25, 0.3) is 0 Å². The van der Waals surface area contributed by atoms with Crippen molar-refractivity contribution < 1.29 is 9.59 Å². The molecule has 6 nitrogen and oxygen atoms in total. The van der Waals surface area contributed by atoms with Crippen LogP contribution in [0.3, 0.4) is 0 Å². The van der Waals surface area contributed by atoms with E-state index in [0.29, 0.717) is 31.1 Å². The minimum absolute atomic E-state index is 0.119. The van der Waals surface area contributed by atoms with Crippen LogP contribution in [-0.2, 0) is 9.59 Å². The summed E-state index contributed by atoms with van der Waals surface area (Å²) in [5, 5.41) is 8.46. The zero-order chi connectivity index (χ0) is 18.1. The van der Waals surface area contributed by atoms with E-state index in [4.69, 9.17) is 0 Å². The maximum Gasteiger partial charge on any atom is 0.240 e. The van der Waals surface area contributed by atoms with Crippen molar-refractivity contribution in [2.75, 3.05) is 0 Å². The number of carbonyl (C=O) groups excluding carboxylic acids is 2. The molecule has 140 valence electrons. The van der Waals surface area contributed by atoms with Gasteiger partial charge in [-0.2, -0.15) is 10.2 Å². The average molecular weight is 348 g/mol. The lowest BCUT2D eigenvalue weighted by molar-refractivity contribution is -0.122. The minimum atomic E-state index is -0.119. The van der Waals surface area contributed by atoms with Gasteiger partial charge in [0, 0.05) is 24.3 Å². The fourth-order valence-electron chi connectivity index (χ4n) is 3.53. The number of hydrogen-bond acceptors (Lipinski definition) is 4. The largest absolute Gasteiger partial charge is 0.273 e. The third-order valence-electron chi connectivity index (χ3n) is 4.98. The van der Waals surface area contributed by atoms with E-state index in [1.807, 2.05) is 0 Å². The third-order valence-corrected chi connectivity index (χ3v) is 4.98. The zero-order valence-corrected chi connectivity index (χ0v) is 15.6. The highest BCUT2D eigenvalue weighted by atomic mass is 16.2. The molecule has 2 rings (SSSR count). The molecule has 0 bridgehead atoms. The summed E-state index contributed by atoms with van der Waals surface area (Å²) in [7, 11) is 0. The second-order valence-corrected chi connectivity index (χ2v) is 7.68. The summed E-state index contributed by atoms with van der Waals surface area (Å²) in [6, 6.07) is 0. The summed E-state index contributed by atoms with van der Waals surface area (Å²) in [5.74, 6) is 1.07. The molecule has 0 spiro atoms. The number of rotatable bonds is 6. The molecule has 0 aromatic heterocycles. The van der Waals surface area contributed by atoms with Gasteiger partial charge in [0.2, 0.25) is 11.8 Å². The van der Waals surface area contributed by atoms with E-state index in [2.05, 4.69) is 34.9 Å². The lowest BCUT2D eigenvalue weighted by Gasteiger charge is -2.19. The van der Waals surface area contributed by atoms with Crippen LogP contribution in [0.15, 0.2) is 10.2 Å². The molecule has 2 fully saturated rings. The quantitative estimate of drug-likeness (QED) is 0.720. The molecule has 0 saturated heterocycles. The molecule has 2 amide bonds. The van der Waals surface area contributed by atoms with E-state index in [1.165, 1.54) is 12.8 Å². The number of nitrogens with zero attached hydrogens (tertiary/aromatic N) is 2. The van der Waals surface area contributed by atoms with Crippen LogP contribution in [0.2, 0.25) is 0 Å². The van der Waals surface area contributed by atoms with E-state index >= 15 is 0 Å². The van der Waals surface area contributed by atoms with Crippen LogP contribution in [0.4, 0.5) is 0 Å². The Hall–Kier alpha value is -1.72. The van der Waals surface area contributed by atoms with Gasteiger partial charge in [-0.1, -0.05) is 13.8 Å². The Labute approximate surface area is 150 Å². The van der Waals surface area contributed by atoms with Crippen molar-refractivity contribution in [1.29, 1.82) is 0 Å². The Balaban J connectivity index is 1.59. The fraction of sp³-hybridized carbons (Fsp3) is 0.789. The standard InChI is InChI=1S/C19H32N4O2/c1-14-6-3-8-16(12-14)20-22-18(24)10-5-11-19(25)23-21-17-9-4-7-15(2)13-17/h14-15H,3-13H2,1-2H3,(H,22,24)(H,23,25)/b20-16-,21-17-/t14-,15-/m1/s1. The minimum Gasteiger partial charge on any atom is -0.273 e. The van der Waals surface area contributed by atoms with Crippen LogP contribution in [0.5, 0.6) is 0 Å². The highest BCUT2D eigenvalue weighted by Crippen LogP contribution is 2.21.